The Hall–Kier alpha value is -2.90. The van der Waals surface area contributed by atoms with Crippen LogP contribution in [0, 0.1) is 0 Å². The molecule has 1 unspecified atom stereocenters. The number of carbonyl (C=O) groups excluding carboxylic acids is 2. The topological polar surface area (TPSA) is 124 Å². The van der Waals surface area contributed by atoms with E-state index in [0.29, 0.717) is 0 Å². The molecule has 3 N–H and O–H groups in total. The molecule has 0 aliphatic rings. The molecule has 0 bridgehead atoms. The van der Waals surface area contributed by atoms with Gasteiger partial charge in [-0.15, -0.1) is 0 Å². The Morgan fingerprint density at radius 3 is 2.24 bits per heavy atom. The number of anilines is 1. The van der Waals surface area contributed by atoms with Crippen molar-refractivity contribution in [3.8, 4) is 0 Å². The van der Waals surface area contributed by atoms with Crippen LogP contribution < -0.4 is 10.2 Å². The number of aliphatic carboxylic acids is 2. The summed E-state index contributed by atoms with van der Waals surface area (Å²) < 4.78 is 0. The molecule has 0 radical (unpaired) electrons. The van der Waals surface area contributed by atoms with Gasteiger partial charge in [-0.05, 0) is 25.0 Å². The lowest BCUT2D eigenvalue weighted by molar-refractivity contribution is -0.143. The summed E-state index contributed by atoms with van der Waals surface area (Å²) in [6.07, 6.45) is -0.131. The molecule has 2 amide bonds. The van der Waals surface area contributed by atoms with E-state index in [1.165, 1.54) is 4.90 Å². The van der Waals surface area contributed by atoms with Crippen LogP contribution in [0.25, 0.3) is 0 Å². The van der Waals surface area contributed by atoms with Gasteiger partial charge in [-0.3, -0.25) is 14.4 Å². The van der Waals surface area contributed by atoms with E-state index < -0.39 is 23.9 Å². The quantitative estimate of drug-likeness (QED) is 0.583. The number of carboxylic acid groups (broad SMARTS) is 2. The molecule has 1 aromatic rings. The largest absolute Gasteiger partial charge is 0.481 e. The van der Waals surface area contributed by atoms with Crippen LogP contribution in [0.3, 0.4) is 0 Å². The minimum atomic E-state index is -1.28. The van der Waals surface area contributed by atoms with Gasteiger partial charge in [-0.1, -0.05) is 18.2 Å². The predicted molar refractivity (Wildman–Crippen MR) is 90.1 cm³/mol. The third-order valence-electron chi connectivity index (χ3n) is 3.59. The average Bonchev–Trinajstić information content (AvgIpc) is 2.58. The van der Waals surface area contributed by atoms with E-state index in [0.717, 1.165) is 5.69 Å². The maximum atomic E-state index is 12.1. The first kappa shape index (κ1) is 20.1. The summed E-state index contributed by atoms with van der Waals surface area (Å²) in [7, 11) is 1.64. The zero-order valence-electron chi connectivity index (χ0n) is 14.0. The lowest BCUT2D eigenvalue weighted by Crippen LogP contribution is -2.41. The van der Waals surface area contributed by atoms with Crippen LogP contribution >= 0.6 is 0 Å². The molecule has 0 aromatic heterocycles. The smallest absolute Gasteiger partial charge is 0.326 e. The first-order valence-corrected chi connectivity index (χ1v) is 7.87. The van der Waals surface area contributed by atoms with Crippen molar-refractivity contribution in [1.29, 1.82) is 0 Å². The van der Waals surface area contributed by atoms with Gasteiger partial charge >= 0.3 is 11.9 Å². The maximum absolute atomic E-state index is 12.1. The van der Waals surface area contributed by atoms with Gasteiger partial charge in [-0.2, -0.15) is 0 Å². The number of amides is 2. The highest BCUT2D eigenvalue weighted by Gasteiger charge is 2.21. The molecule has 136 valence electrons. The van der Waals surface area contributed by atoms with Crippen LogP contribution in [0.1, 0.15) is 32.1 Å². The number of nitrogens with zero attached hydrogens (tertiary/aromatic N) is 1. The minimum Gasteiger partial charge on any atom is -0.481 e. The molecular weight excluding hydrogens is 328 g/mol. The fourth-order valence-electron chi connectivity index (χ4n) is 2.16. The minimum absolute atomic E-state index is 0.00871. The average molecular weight is 350 g/mol. The summed E-state index contributed by atoms with van der Waals surface area (Å²) >= 11 is 0. The van der Waals surface area contributed by atoms with E-state index in [1.54, 1.807) is 19.2 Å². The highest BCUT2D eigenvalue weighted by molar-refractivity contribution is 5.93. The highest BCUT2D eigenvalue weighted by atomic mass is 16.4. The molecular formula is C17H22N2O6. The monoisotopic (exact) mass is 350 g/mol. The molecule has 0 aliphatic heterocycles. The van der Waals surface area contributed by atoms with Crippen LogP contribution in [0.4, 0.5) is 5.69 Å². The van der Waals surface area contributed by atoms with E-state index in [2.05, 4.69) is 5.32 Å². The number of carbonyl (C=O) groups is 4. The Morgan fingerprint density at radius 1 is 1.04 bits per heavy atom. The lowest BCUT2D eigenvalue weighted by Gasteiger charge is -2.17. The van der Waals surface area contributed by atoms with Crippen LogP contribution in [0.15, 0.2) is 30.3 Å². The zero-order valence-corrected chi connectivity index (χ0v) is 14.0. The molecule has 0 saturated carbocycles. The second kappa shape index (κ2) is 10.1. The summed E-state index contributed by atoms with van der Waals surface area (Å²) in [6.45, 7) is 0. The molecule has 1 atom stereocenters. The summed E-state index contributed by atoms with van der Waals surface area (Å²) in [6, 6.07) is 7.82. The predicted octanol–water partition coefficient (Wildman–Crippen LogP) is 1.25. The molecule has 0 spiro atoms. The van der Waals surface area contributed by atoms with Crippen molar-refractivity contribution < 1.29 is 29.4 Å². The van der Waals surface area contributed by atoms with Crippen molar-refractivity contribution in [3.05, 3.63) is 30.3 Å². The van der Waals surface area contributed by atoms with E-state index >= 15 is 0 Å². The number of nitrogens with one attached hydrogen (secondary N) is 1. The van der Waals surface area contributed by atoms with Crippen LogP contribution in [-0.4, -0.2) is 47.1 Å². The molecule has 0 fully saturated rings. The number of benzene rings is 1. The Balaban J connectivity index is 2.39. The number of hydrogen-bond donors (Lipinski definition) is 3. The van der Waals surface area contributed by atoms with Crippen LogP contribution in [0.2, 0.25) is 0 Å². The third-order valence-corrected chi connectivity index (χ3v) is 3.59. The number of rotatable bonds is 10. The van der Waals surface area contributed by atoms with Gasteiger partial charge in [0.25, 0.3) is 0 Å². The number of carboxylic acids is 2. The van der Waals surface area contributed by atoms with E-state index in [1.807, 2.05) is 18.2 Å². The molecule has 8 heteroatoms. The molecule has 1 rings (SSSR count). The fourth-order valence-corrected chi connectivity index (χ4v) is 2.16. The third kappa shape index (κ3) is 7.47. The second-order valence-electron chi connectivity index (χ2n) is 5.53. The standard InChI is InChI=1S/C17H22N2O6/c1-19(12-6-3-2-4-7-12)15(21)9-5-8-14(20)18-13(17(24)25)10-11-16(22)23/h2-4,6-7,13H,5,8-11H2,1H3,(H,18,20)(H,22,23)(H,24,25). The molecule has 0 saturated heterocycles. The molecule has 8 nitrogen and oxygen atoms in total. The molecule has 1 aromatic carbocycles. The van der Waals surface area contributed by atoms with Gasteiger partial charge < -0.3 is 20.4 Å². The van der Waals surface area contributed by atoms with Crippen molar-refractivity contribution in [1.82, 2.24) is 5.32 Å². The summed E-state index contributed by atoms with van der Waals surface area (Å²) in [4.78, 5) is 46.8. The lowest BCUT2D eigenvalue weighted by atomic mass is 10.1. The van der Waals surface area contributed by atoms with Gasteiger partial charge in [0.1, 0.15) is 6.04 Å². The van der Waals surface area contributed by atoms with Gasteiger partial charge in [0.15, 0.2) is 0 Å². The maximum Gasteiger partial charge on any atom is 0.326 e. The fraction of sp³-hybridized carbons (Fsp3) is 0.412. The van der Waals surface area contributed by atoms with Gasteiger partial charge in [0.05, 0.1) is 0 Å². The number of hydrogen-bond acceptors (Lipinski definition) is 4. The van der Waals surface area contributed by atoms with E-state index in [9.17, 15) is 19.2 Å². The van der Waals surface area contributed by atoms with Gasteiger partial charge in [0.2, 0.25) is 11.8 Å². The van der Waals surface area contributed by atoms with Crippen LogP contribution in [-0.2, 0) is 19.2 Å². The number of para-hydroxylation sites is 1. The first-order valence-electron chi connectivity index (χ1n) is 7.87. The van der Waals surface area contributed by atoms with Crippen LogP contribution in [0.5, 0.6) is 0 Å². The van der Waals surface area contributed by atoms with Crippen molar-refractivity contribution >= 4 is 29.4 Å². The van der Waals surface area contributed by atoms with Gasteiger partial charge in [-0.25, -0.2) is 4.79 Å². The molecule has 25 heavy (non-hydrogen) atoms. The van der Waals surface area contributed by atoms with Crippen molar-refractivity contribution in [2.45, 2.75) is 38.1 Å². The summed E-state index contributed by atoms with van der Waals surface area (Å²) in [5, 5.41) is 19.8. The first-order chi connectivity index (χ1) is 11.8. The van der Waals surface area contributed by atoms with Crippen molar-refractivity contribution in [2.75, 3.05) is 11.9 Å². The SMILES string of the molecule is CN(C(=O)CCCC(=O)NC(CCC(=O)O)C(=O)O)c1ccccc1. The zero-order chi connectivity index (χ0) is 18.8. The Bertz CT molecular complexity index is 617. The summed E-state index contributed by atoms with van der Waals surface area (Å²) in [5.74, 6) is -3.09. The second-order valence-corrected chi connectivity index (χ2v) is 5.53. The normalized spacial score (nSPS) is 11.4. The Morgan fingerprint density at radius 2 is 1.68 bits per heavy atom. The molecule has 0 heterocycles. The van der Waals surface area contributed by atoms with Crippen molar-refractivity contribution in [3.63, 3.8) is 0 Å². The van der Waals surface area contributed by atoms with E-state index in [4.69, 9.17) is 10.2 Å². The highest BCUT2D eigenvalue weighted by Crippen LogP contribution is 2.13. The van der Waals surface area contributed by atoms with Gasteiger partial charge in [0, 0.05) is 32.0 Å². The Kier molecular flexibility index (Phi) is 8.11. The summed E-state index contributed by atoms with van der Waals surface area (Å²) in [5.41, 5.74) is 0.747. The van der Waals surface area contributed by atoms with Crippen molar-refractivity contribution in [2.24, 2.45) is 0 Å². The Labute approximate surface area is 145 Å². The molecule has 0 aliphatic carbocycles. The van der Waals surface area contributed by atoms with E-state index in [-0.39, 0.29) is 38.0 Å².